The average molecular weight is 625 g/mol. The number of nitrogens with one attached hydrogen (secondary N) is 2. The van der Waals surface area contributed by atoms with Crippen molar-refractivity contribution in [2.45, 2.75) is 44.4 Å². The second-order valence-electron chi connectivity index (χ2n) is 10.3. The maximum absolute atomic E-state index is 12.9. The van der Waals surface area contributed by atoms with Crippen LogP contribution in [-0.2, 0) is 13.6 Å². The molecule has 0 unspecified atom stereocenters. The normalized spacial score (nSPS) is 16.6. The lowest BCUT2D eigenvalue weighted by Crippen LogP contribution is -2.41. The lowest BCUT2D eigenvalue weighted by molar-refractivity contribution is 0.0901. The summed E-state index contributed by atoms with van der Waals surface area (Å²) in [6.07, 6.45) is 3.50. The maximum Gasteiger partial charge on any atom is 0.279 e. The summed E-state index contributed by atoms with van der Waals surface area (Å²) >= 11 is 13.7. The second-order valence-corrected chi connectivity index (χ2v) is 11.1. The van der Waals surface area contributed by atoms with Crippen LogP contribution in [0.25, 0.3) is 22.4 Å². The Hall–Kier alpha value is -3.96. The average Bonchev–Trinajstić information content (AvgIpc) is 3.00. The number of aliphatic hydroxyl groups excluding tert-OH is 1. The van der Waals surface area contributed by atoms with Gasteiger partial charge in [0.25, 0.3) is 11.5 Å². The minimum absolute atomic E-state index is 0.0387. The number of carbonyl (C=O) groups excluding carboxylic acids is 1. The molecule has 1 fully saturated rings. The summed E-state index contributed by atoms with van der Waals surface area (Å²) in [6, 6.07) is 15.4. The van der Waals surface area contributed by atoms with E-state index in [1.165, 1.54) is 7.05 Å². The molecule has 224 valence electrons. The number of anilines is 1. The highest BCUT2D eigenvalue weighted by atomic mass is 35.5. The third-order valence-electron chi connectivity index (χ3n) is 7.52. The molecule has 2 heterocycles. The number of rotatable bonds is 8. The summed E-state index contributed by atoms with van der Waals surface area (Å²) in [6.45, 7) is 0.505. The van der Waals surface area contributed by atoms with Crippen molar-refractivity contribution in [3.05, 3.63) is 86.1 Å². The van der Waals surface area contributed by atoms with Gasteiger partial charge in [-0.2, -0.15) is 0 Å². The summed E-state index contributed by atoms with van der Waals surface area (Å²) in [5, 5.41) is 30.3. The summed E-state index contributed by atoms with van der Waals surface area (Å²) in [5.74, 6) is -0.762. The van der Waals surface area contributed by atoms with Crippen LogP contribution in [0.3, 0.4) is 0 Å². The van der Waals surface area contributed by atoms with Crippen molar-refractivity contribution in [2.24, 2.45) is 7.05 Å². The van der Waals surface area contributed by atoms with E-state index in [-0.39, 0.29) is 28.4 Å². The van der Waals surface area contributed by atoms with E-state index in [1.54, 1.807) is 31.4 Å². The number of aliphatic hydroxyl groups is 1. The summed E-state index contributed by atoms with van der Waals surface area (Å²) in [4.78, 5) is 30.0. The number of halogens is 2. The van der Waals surface area contributed by atoms with Gasteiger partial charge in [-0.15, -0.1) is 5.10 Å². The molecule has 10 nitrogen and oxygen atoms in total. The van der Waals surface area contributed by atoms with Crippen molar-refractivity contribution in [1.82, 2.24) is 20.1 Å². The Morgan fingerprint density at radius 1 is 1.05 bits per heavy atom. The SMILES string of the molecule is COc1nc(-c2cccc(-c3cccc(NC(=O)c4cc(O)nn(C)c4=O)c3Cl)c2Cl)ccc1CN[C@@H]1CCCC[C@@H]1O. The first-order valence-corrected chi connectivity index (χ1v) is 14.5. The number of aromatic hydroxyl groups is 1. The topological polar surface area (TPSA) is 139 Å². The van der Waals surface area contributed by atoms with E-state index in [4.69, 9.17) is 32.9 Å². The van der Waals surface area contributed by atoms with E-state index < -0.39 is 17.3 Å². The molecule has 5 rings (SSSR count). The van der Waals surface area contributed by atoms with E-state index in [0.717, 1.165) is 42.0 Å². The smallest absolute Gasteiger partial charge is 0.279 e. The molecule has 2 aromatic heterocycles. The monoisotopic (exact) mass is 623 g/mol. The Bertz CT molecular complexity index is 1730. The Labute approximate surface area is 258 Å². The zero-order valence-electron chi connectivity index (χ0n) is 23.6. The molecule has 4 N–H and O–H groups in total. The molecular weight excluding hydrogens is 593 g/mol. The first-order chi connectivity index (χ1) is 20.7. The first-order valence-electron chi connectivity index (χ1n) is 13.8. The number of methoxy groups -OCH3 is 1. The minimum atomic E-state index is -0.749. The standard InChI is InChI=1S/C31H31Cl2N5O5/c1-38-31(42)21(15-26(40)37-38)29(41)35-24-11-6-8-19(28(24)33)18-7-5-9-20(27(18)32)22-14-13-17(30(36-22)43-2)16-34-23-10-3-4-12-25(23)39/h5-9,11,13-15,23,25,34,39H,3-4,10,12,16H2,1-2H3,(H,35,41)(H,37,40)/t23-,25+/m1/s1. The van der Waals surface area contributed by atoms with Crippen molar-refractivity contribution in [2.75, 3.05) is 12.4 Å². The lowest BCUT2D eigenvalue weighted by Gasteiger charge is -2.28. The quantitative estimate of drug-likeness (QED) is 0.211. The highest BCUT2D eigenvalue weighted by molar-refractivity contribution is 6.39. The lowest BCUT2D eigenvalue weighted by atomic mass is 9.92. The predicted molar refractivity (Wildman–Crippen MR) is 166 cm³/mol. The highest BCUT2D eigenvalue weighted by Crippen LogP contribution is 2.41. The molecule has 1 aliphatic rings. The Balaban J connectivity index is 1.41. The van der Waals surface area contributed by atoms with Crippen LogP contribution in [0.4, 0.5) is 5.69 Å². The Morgan fingerprint density at radius 3 is 2.49 bits per heavy atom. The van der Waals surface area contributed by atoms with Crippen LogP contribution in [0.2, 0.25) is 10.0 Å². The Kier molecular flexibility index (Phi) is 9.31. The summed E-state index contributed by atoms with van der Waals surface area (Å²) in [7, 11) is 2.89. The number of aryl methyl sites for hydroxylation is 1. The molecule has 0 spiro atoms. The van der Waals surface area contributed by atoms with Crippen LogP contribution in [0.5, 0.6) is 11.8 Å². The van der Waals surface area contributed by atoms with Crippen molar-refractivity contribution < 1.29 is 19.7 Å². The molecule has 0 radical (unpaired) electrons. The van der Waals surface area contributed by atoms with Crippen molar-refractivity contribution in [3.63, 3.8) is 0 Å². The van der Waals surface area contributed by atoms with E-state index in [0.29, 0.717) is 39.8 Å². The highest BCUT2D eigenvalue weighted by Gasteiger charge is 2.23. The van der Waals surface area contributed by atoms with Crippen LogP contribution in [0.15, 0.2) is 59.4 Å². The number of ether oxygens (including phenoxy) is 1. The zero-order valence-corrected chi connectivity index (χ0v) is 25.1. The van der Waals surface area contributed by atoms with Gasteiger partial charge in [0.2, 0.25) is 11.8 Å². The van der Waals surface area contributed by atoms with Crippen LogP contribution in [0, 0.1) is 0 Å². The Morgan fingerprint density at radius 2 is 1.74 bits per heavy atom. The van der Waals surface area contributed by atoms with E-state index in [1.807, 2.05) is 24.3 Å². The number of nitrogens with zero attached hydrogens (tertiary/aromatic N) is 3. The van der Waals surface area contributed by atoms with Crippen molar-refractivity contribution >= 4 is 34.8 Å². The number of hydrogen-bond acceptors (Lipinski definition) is 8. The molecular formula is C31H31Cl2N5O5. The largest absolute Gasteiger partial charge is 0.492 e. The van der Waals surface area contributed by atoms with E-state index in [9.17, 15) is 19.8 Å². The fourth-order valence-electron chi connectivity index (χ4n) is 5.24. The number of amides is 1. The molecule has 2 atom stereocenters. The predicted octanol–water partition coefficient (Wildman–Crippen LogP) is 5.18. The van der Waals surface area contributed by atoms with Gasteiger partial charge < -0.3 is 25.6 Å². The van der Waals surface area contributed by atoms with Gasteiger partial charge in [0.15, 0.2) is 0 Å². The van der Waals surface area contributed by atoms with Crippen LogP contribution in [0.1, 0.15) is 41.6 Å². The number of pyridine rings is 1. The van der Waals surface area contributed by atoms with Crippen LogP contribution in [-0.4, -0.2) is 50.1 Å². The molecule has 12 heteroatoms. The number of carbonyl (C=O) groups is 1. The van der Waals surface area contributed by atoms with Gasteiger partial charge in [0, 0.05) is 48.0 Å². The molecule has 1 aliphatic carbocycles. The van der Waals surface area contributed by atoms with Crippen molar-refractivity contribution in [1.29, 1.82) is 0 Å². The van der Waals surface area contributed by atoms with Gasteiger partial charge >= 0.3 is 0 Å². The summed E-state index contributed by atoms with van der Waals surface area (Å²) in [5.41, 5.74) is 2.56. The number of hydrogen-bond donors (Lipinski definition) is 4. The van der Waals surface area contributed by atoms with Gasteiger partial charge in [-0.25, -0.2) is 9.67 Å². The molecule has 0 aliphatic heterocycles. The molecule has 0 saturated heterocycles. The number of aromatic nitrogens is 3. The molecule has 1 amide bonds. The minimum Gasteiger partial charge on any atom is -0.492 e. The van der Waals surface area contributed by atoms with E-state index >= 15 is 0 Å². The summed E-state index contributed by atoms with van der Waals surface area (Å²) < 4.78 is 6.47. The molecule has 0 bridgehead atoms. The van der Waals surface area contributed by atoms with Crippen LogP contribution >= 0.6 is 23.2 Å². The first kappa shape index (κ1) is 30.5. The van der Waals surface area contributed by atoms with Gasteiger partial charge in [-0.05, 0) is 25.0 Å². The molecule has 2 aromatic carbocycles. The van der Waals surface area contributed by atoms with Gasteiger partial charge in [0.05, 0.1) is 34.6 Å². The van der Waals surface area contributed by atoms with Gasteiger partial charge in [-0.1, -0.05) is 72.4 Å². The third kappa shape index (κ3) is 6.52. The third-order valence-corrected chi connectivity index (χ3v) is 8.34. The molecule has 43 heavy (non-hydrogen) atoms. The fourth-order valence-corrected chi connectivity index (χ4v) is 5.84. The molecule has 1 saturated carbocycles. The van der Waals surface area contributed by atoms with E-state index in [2.05, 4.69) is 15.7 Å². The second kappa shape index (κ2) is 13.1. The maximum atomic E-state index is 12.9. The fraction of sp³-hybridized carbons (Fsp3) is 0.290. The van der Waals surface area contributed by atoms with Gasteiger partial charge in [-0.3, -0.25) is 9.59 Å². The zero-order chi connectivity index (χ0) is 30.7. The van der Waals surface area contributed by atoms with Crippen molar-refractivity contribution in [3.8, 4) is 34.1 Å². The number of benzene rings is 2. The van der Waals surface area contributed by atoms with Crippen LogP contribution < -0.4 is 20.9 Å². The molecule has 4 aromatic rings. The van der Waals surface area contributed by atoms with Gasteiger partial charge in [0.1, 0.15) is 5.56 Å².